The van der Waals surface area contributed by atoms with Crippen LogP contribution in [0.2, 0.25) is 0 Å². The number of fused-ring (bicyclic) bond motifs is 4. The van der Waals surface area contributed by atoms with Gasteiger partial charge in [-0.05, 0) is 21.9 Å². The van der Waals surface area contributed by atoms with Crippen molar-refractivity contribution >= 4 is 22.7 Å². The van der Waals surface area contributed by atoms with E-state index in [0.29, 0.717) is 0 Å². The van der Waals surface area contributed by atoms with Crippen molar-refractivity contribution in [1.82, 2.24) is 0 Å². The molecule has 0 heterocycles. The van der Waals surface area contributed by atoms with E-state index in [4.69, 9.17) is 0 Å². The van der Waals surface area contributed by atoms with Crippen LogP contribution < -0.4 is 0 Å². The predicted molar refractivity (Wildman–Crippen MR) is 109 cm³/mol. The van der Waals surface area contributed by atoms with Crippen LogP contribution in [0.15, 0.2) is 101 Å². The van der Waals surface area contributed by atoms with Crippen molar-refractivity contribution in [2.75, 3.05) is 0 Å². The van der Waals surface area contributed by atoms with E-state index in [1.54, 1.807) is 0 Å². The van der Waals surface area contributed by atoms with Crippen LogP contribution in [0.4, 0.5) is 0 Å². The van der Waals surface area contributed by atoms with Crippen molar-refractivity contribution in [3.8, 4) is 11.1 Å². The zero-order valence-electron chi connectivity index (χ0n) is 14.1. The Kier molecular flexibility index (Phi) is 3.46. The van der Waals surface area contributed by atoms with Crippen LogP contribution in [-0.4, -0.2) is 11.9 Å². The van der Waals surface area contributed by atoms with E-state index in [0.717, 1.165) is 22.4 Å². The number of nitrogens with zero attached hydrogens (tertiary/aromatic N) is 2. The molecule has 4 aromatic carbocycles. The third-order valence-corrected chi connectivity index (χ3v) is 4.83. The summed E-state index contributed by atoms with van der Waals surface area (Å²) in [5.41, 5.74) is 6.75. The van der Waals surface area contributed by atoms with Gasteiger partial charge in [0.2, 0.25) is 0 Å². The smallest absolute Gasteiger partial charge is 0.101 e. The monoisotopic (exact) mass is 332 g/mol. The van der Waals surface area contributed by atoms with Gasteiger partial charge in [-0.15, -0.1) is 5.10 Å². The van der Waals surface area contributed by atoms with Gasteiger partial charge in [-0.3, -0.25) is 0 Å². The molecule has 26 heavy (non-hydrogen) atoms. The van der Waals surface area contributed by atoms with E-state index in [-0.39, 0.29) is 0 Å². The quantitative estimate of drug-likeness (QED) is 0.293. The van der Waals surface area contributed by atoms with Crippen molar-refractivity contribution in [1.29, 1.82) is 0 Å². The Morgan fingerprint density at radius 2 is 1.12 bits per heavy atom. The number of benzene rings is 4. The van der Waals surface area contributed by atoms with Crippen LogP contribution in [0, 0.1) is 0 Å². The molecule has 0 unspecified atom stereocenters. The highest BCUT2D eigenvalue weighted by molar-refractivity contribution is 6.24. The van der Waals surface area contributed by atoms with Crippen molar-refractivity contribution in [3.05, 3.63) is 108 Å². The summed E-state index contributed by atoms with van der Waals surface area (Å²) < 4.78 is 0. The second kappa shape index (κ2) is 6.08. The molecular formula is C24H16N2. The van der Waals surface area contributed by atoms with Gasteiger partial charge in [0, 0.05) is 16.7 Å². The number of hydrogen-bond donors (Lipinski definition) is 0. The lowest BCUT2D eigenvalue weighted by Gasteiger charge is -2.01. The molecular weight excluding hydrogens is 316 g/mol. The lowest BCUT2D eigenvalue weighted by Crippen LogP contribution is -1.97. The first-order chi connectivity index (χ1) is 12.9. The van der Waals surface area contributed by atoms with Gasteiger partial charge in [0.15, 0.2) is 0 Å². The summed E-state index contributed by atoms with van der Waals surface area (Å²) in [6.07, 6.45) is 1.85. The fraction of sp³-hybridized carbons (Fsp3) is 0. The summed E-state index contributed by atoms with van der Waals surface area (Å²) in [6, 6.07) is 31.3. The average Bonchev–Trinajstić information content (AvgIpc) is 3.02. The average molecular weight is 332 g/mol. The molecule has 0 saturated heterocycles. The molecule has 0 saturated carbocycles. The minimum absolute atomic E-state index is 0.938. The van der Waals surface area contributed by atoms with Gasteiger partial charge in [0.25, 0.3) is 0 Å². The van der Waals surface area contributed by atoms with Gasteiger partial charge < -0.3 is 0 Å². The van der Waals surface area contributed by atoms with Gasteiger partial charge in [-0.25, -0.2) is 0 Å². The van der Waals surface area contributed by atoms with Gasteiger partial charge in [-0.1, -0.05) is 91.0 Å². The van der Waals surface area contributed by atoms with Crippen molar-refractivity contribution in [3.63, 3.8) is 0 Å². The fourth-order valence-electron chi connectivity index (χ4n) is 3.61. The Morgan fingerprint density at radius 1 is 0.538 bits per heavy atom. The van der Waals surface area contributed by atoms with E-state index in [1.807, 2.05) is 6.21 Å². The Hall–Kier alpha value is -3.52. The van der Waals surface area contributed by atoms with Gasteiger partial charge in [0.05, 0.1) is 6.21 Å². The Bertz CT molecular complexity index is 1130. The highest BCUT2D eigenvalue weighted by Crippen LogP contribution is 2.36. The van der Waals surface area contributed by atoms with E-state index in [1.165, 1.54) is 21.9 Å². The molecule has 0 radical (unpaired) electrons. The topological polar surface area (TPSA) is 24.7 Å². The molecule has 0 aliphatic heterocycles. The summed E-state index contributed by atoms with van der Waals surface area (Å²) >= 11 is 0. The molecule has 0 fully saturated rings. The van der Waals surface area contributed by atoms with Crippen LogP contribution in [0.25, 0.3) is 21.9 Å². The first-order valence-corrected chi connectivity index (χ1v) is 8.70. The van der Waals surface area contributed by atoms with Crippen LogP contribution in [0.5, 0.6) is 0 Å². The maximum atomic E-state index is 4.59. The second-order valence-corrected chi connectivity index (χ2v) is 6.35. The first-order valence-electron chi connectivity index (χ1n) is 8.70. The van der Waals surface area contributed by atoms with E-state index in [9.17, 15) is 0 Å². The summed E-state index contributed by atoms with van der Waals surface area (Å²) in [5, 5.41) is 11.4. The fourth-order valence-corrected chi connectivity index (χ4v) is 3.61. The lowest BCUT2D eigenvalue weighted by molar-refractivity contribution is 1.25. The standard InChI is InChI=1S/C24H16N2/c1-2-11-19-17(8-1)9-7-10-18(19)16-25-26-24-22-14-5-3-12-20(22)21-13-4-6-15-23(21)24/h1-16H/b25-16-. The largest absolute Gasteiger partial charge is 0.158 e. The maximum absolute atomic E-state index is 4.59. The molecule has 4 aromatic rings. The highest BCUT2D eigenvalue weighted by atomic mass is 15.2. The lowest BCUT2D eigenvalue weighted by atomic mass is 10.1. The molecule has 0 bridgehead atoms. The molecule has 0 N–H and O–H groups in total. The van der Waals surface area contributed by atoms with E-state index in [2.05, 4.69) is 101 Å². The van der Waals surface area contributed by atoms with Gasteiger partial charge in [0.1, 0.15) is 5.71 Å². The van der Waals surface area contributed by atoms with Gasteiger partial charge >= 0.3 is 0 Å². The van der Waals surface area contributed by atoms with Crippen molar-refractivity contribution in [2.45, 2.75) is 0 Å². The minimum atomic E-state index is 0.938. The molecule has 0 spiro atoms. The second-order valence-electron chi connectivity index (χ2n) is 6.35. The molecule has 0 amide bonds. The molecule has 1 aliphatic rings. The van der Waals surface area contributed by atoms with Gasteiger partial charge in [-0.2, -0.15) is 5.10 Å². The maximum Gasteiger partial charge on any atom is 0.101 e. The molecule has 2 heteroatoms. The molecule has 0 atom stereocenters. The zero-order chi connectivity index (χ0) is 17.3. The van der Waals surface area contributed by atoms with E-state index < -0.39 is 0 Å². The molecule has 122 valence electrons. The first kappa shape index (κ1) is 14.8. The Labute approximate surface area is 152 Å². The van der Waals surface area contributed by atoms with Crippen LogP contribution in [-0.2, 0) is 0 Å². The van der Waals surface area contributed by atoms with E-state index >= 15 is 0 Å². The van der Waals surface area contributed by atoms with Crippen LogP contribution in [0.1, 0.15) is 16.7 Å². The molecule has 5 rings (SSSR count). The number of hydrogen-bond acceptors (Lipinski definition) is 2. The number of rotatable bonds is 2. The summed E-state index contributed by atoms with van der Waals surface area (Å²) in [6.45, 7) is 0. The normalized spacial score (nSPS) is 12.4. The summed E-state index contributed by atoms with van der Waals surface area (Å²) in [4.78, 5) is 0. The molecule has 0 aromatic heterocycles. The van der Waals surface area contributed by atoms with Crippen LogP contribution >= 0.6 is 0 Å². The third-order valence-electron chi connectivity index (χ3n) is 4.83. The highest BCUT2D eigenvalue weighted by Gasteiger charge is 2.23. The molecule has 2 nitrogen and oxygen atoms in total. The summed E-state index contributed by atoms with van der Waals surface area (Å²) in [7, 11) is 0. The zero-order valence-corrected chi connectivity index (χ0v) is 14.1. The SMILES string of the molecule is C(=N/N=C1c2ccccc2-c2ccccc21)/c1cccc2ccccc12. The minimum Gasteiger partial charge on any atom is -0.158 e. The summed E-state index contributed by atoms with van der Waals surface area (Å²) in [5.74, 6) is 0. The van der Waals surface area contributed by atoms with Crippen molar-refractivity contribution < 1.29 is 0 Å². The Balaban J connectivity index is 1.60. The van der Waals surface area contributed by atoms with Crippen molar-refractivity contribution in [2.24, 2.45) is 10.2 Å². The predicted octanol–water partition coefficient (Wildman–Crippen LogP) is 5.69. The third kappa shape index (κ3) is 2.35. The van der Waals surface area contributed by atoms with Crippen LogP contribution in [0.3, 0.4) is 0 Å². The Morgan fingerprint density at radius 3 is 1.85 bits per heavy atom. The molecule has 1 aliphatic carbocycles.